The summed E-state index contributed by atoms with van der Waals surface area (Å²) in [5, 5.41) is 2.97. The fraction of sp³-hybridized carbons (Fsp3) is 0.417. The van der Waals surface area contributed by atoms with Gasteiger partial charge < -0.3 is 20.0 Å². The Labute approximate surface area is 178 Å². The molecule has 0 unspecified atom stereocenters. The fourth-order valence-corrected chi connectivity index (χ4v) is 4.15. The Kier molecular flexibility index (Phi) is 6.33. The predicted octanol–water partition coefficient (Wildman–Crippen LogP) is 2.42. The molecule has 0 saturated carbocycles. The van der Waals surface area contributed by atoms with E-state index >= 15 is 0 Å². The molecule has 2 amide bonds. The number of likely N-dealkylation sites (N-methyl/N-ethyl adjacent to an activating group) is 1. The number of anilines is 2. The van der Waals surface area contributed by atoms with E-state index in [9.17, 15) is 9.59 Å². The second kappa shape index (κ2) is 9.30. The van der Waals surface area contributed by atoms with Gasteiger partial charge in [0.1, 0.15) is 6.54 Å². The summed E-state index contributed by atoms with van der Waals surface area (Å²) in [7, 11) is 2.15. The molecule has 4 rings (SSSR count). The third kappa shape index (κ3) is 4.82. The van der Waals surface area contributed by atoms with Crippen LogP contribution in [-0.4, -0.2) is 56.5 Å². The third-order valence-corrected chi connectivity index (χ3v) is 6.02. The molecule has 0 radical (unpaired) electrons. The van der Waals surface area contributed by atoms with Crippen molar-refractivity contribution in [3.63, 3.8) is 0 Å². The molecule has 0 aliphatic carbocycles. The number of piperazine rings is 1. The Balaban J connectivity index is 1.33. The molecule has 2 aliphatic heterocycles. The highest BCUT2D eigenvalue weighted by atomic mass is 16.2. The van der Waals surface area contributed by atoms with E-state index < -0.39 is 0 Å². The molecule has 0 aromatic heterocycles. The van der Waals surface area contributed by atoms with Gasteiger partial charge in [-0.1, -0.05) is 30.3 Å². The van der Waals surface area contributed by atoms with E-state index in [0.717, 1.165) is 55.8 Å². The summed E-state index contributed by atoms with van der Waals surface area (Å²) in [5.74, 6) is -0.116. The molecule has 6 nitrogen and oxygen atoms in total. The standard InChI is InChI=1S/C24H30N4O2/c1-26-13-15-27(16-14-26)21-11-9-19(10-12-21)17-25-23(29)18-28-22-7-3-2-5-20(22)6-4-8-24(28)30/h2-3,5,7,9-12H,4,6,8,13-18H2,1H3,(H,25,29). The first-order valence-corrected chi connectivity index (χ1v) is 10.8. The van der Waals surface area contributed by atoms with Gasteiger partial charge in [-0.15, -0.1) is 0 Å². The topological polar surface area (TPSA) is 55.9 Å². The van der Waals surface area contributed by atoms with Gasteiger partial charge in [0, 0.05) is 50.5 Å². The van der Waals surface area contributed by atoms with E-state index in [1.165, 1.54) is 5.69 Å². The van der Waals surface area contributed by atoms with Crippen LogP contribution in [0.25, 0.3) is 0 Å². The van der Waals surface area contributed by atoms with E-state index in [1.54, 1.807) is 4.90 Å². The van der Waals surface area contributed by atoms with E-state index in [0.29, 0.717) is 13.0 Å². The number of nitrogens with zero attached hydrogens (tertiary/aromatic N) is 3. The van der Waals surface area contributed by atoms with Crippen LogP contribution in [-0.2, 0) is 22.6 Å². The average molecular weight is 407 g/mol. The zero-order valence-corrected chi connectivity index (χ0v) is 17.6. The largest absolute Gasteiger partial charge is 0.369 e. The molecular formula is C24H30N4O2. The average Bonchev–Trinajstić information content (AvgIpc) is 2.92. The van der Waals surface area contributed by atoms with Crippen molar-refractivity contribution in [2.75, 3.05) is 49.6 Å². The van der Waals surface area contributed by atoms with Crippen molar-refractivity contribution in [3.05, 3.63) is 59.7 Å². The van der Waals surface area contributed by atoms with Crippen LogP contribution >= 0.6 is 0 Å². The van der Waals surface area contributed by atoms with Crippen LogP contribution in [0, 0.1) is 0 Å². The van der Waals surface area contributed by atoms with E-state index in [4.69, 9.17) is 0 Å². The first-order chi connectivity index (χ1) is 14.6. The van der Waals surface area contributed by atoms with Gasteiger partial charge in [-0.2, -0.15) is 0 Å². The van der Waals surface area contributed by atoms with E-state index in [1.807, 2.05) is 24.3 Å². The number of hydrogen-bond acceptors (Lipinski definition) is 4. The molecule has 30 heavy (non-hydrogen) atoms. The number of carbonyl (C=O) groups excluding carboxylic acids is 2. The number of para-hydroxylation sites is 1. The van der Waals surface area contributed by atoms with Crippen LogP contribution in [0.5, 0.6) is 0 Å². The highest BCUT2D eigenvalue weighted by Gasteiger charge is 2.23. The Morgan fingerprint density at radius 1 is 0.967 bits per heavy atom. The zero-order chi connectivity index (χ0) is 20.9. The van der Waals surface area contributed by atoms with Crippen molar-refractivity contribution in [2.45, 2.75) is 25.8 Å². The van der Waals surface area contributed by atoms with Crippen LogP contribution in [0.2, 0.25) is 0 Å². The SMILES string of the molecule is CN1CCN(c2ccc(CNC(=O)CN3C(=O)CCCc4ccccc43)cc2)CC1. The molecule has 2 aliphatic rings. The van der Waals surface area contributed by atoms with Gasteiger partial charge in [-0.05, 0) is 49.2 Å². The van der Waals surface area contributed by atoms with Gasteiger partial charge in [0.2, 0.25) is 11.8 Å². The Morgan fingerprint density at radius 3 is 2.47 bits per heavy atom. The summed E-state index contributed by atoms with van der Waals surface area (Å²) in [6.45, 7) is 4.77. The molecule has 1 saturated heterocycles. The van der Waals surface area contributed by atoms with E-state index in [2.05, 4.69) is 46.4 Å². The number of carbonyl (C=O) groups is 2. The van der Waals surface area contributed by atoms with Crippen molar-refractivity contribution in [2.24, 2.45) is 0 Å². The minimum Gasteiger partial charge on any atom is -0.369 e. The molecule has 1 fully saturated rings. The quantitative estimate of drug-likeness (QED) is 0.829. The monoisotopic (exact) mass is 406 g/mol. The molecule has 158 valence electrons. The highest BCUT2D eigenvalue weighted by Crippen LogP contribution is 2.26. The van der Waals surface area contributed by atoms with Crippen molar-refractivity contribution in [1.29, 1.82) is 0 Å². The van der Waals surface area contributed by atoms with Gasteiger partial charge >= 0.3 is 0 Å². The number of benzene rings is 2. The lowest BCUT2D eigenvalue weighted by molar-refractivity contribution is -0.123. The molecule has 1 N–H and O–H groups in total. The zero-order valence-electron chi connectivity index (χ0n) is 17.6. The maximum Gasteiger partial charge on any atom is 0.240 e. The number of nitrogens with one attached hydrogen (secondary N) is 1. The first kappa shape index (κ1) is 20.4. The molecule has 0 bridgehead atoms. The molecule has 0 spiro atoms. The van der Waals surface area contributed by atoms with Gasteiger partial charge in [0.15, 0.2) is 0 Å². The van der Waals surface area contributed by atoms with E-state index in [-0.39, 0.29) is 18.4 Å². The maximum absolute atomic E-state index is 12.6. The summed E-state index contributed by atoms with van der Waals surface area (Å²) in [6, 6.07) is 16.3. The fourth-order valence-electron chi connectivity index (χ4n) is 4.15. The molecule has 6 heteroatoms. The summed E-state index contributed by atoms with van der Waals surface area (Å²) in [5.41, 5.74) is 4.29. The van der Waals surface area contributed by atoms with Gasteiger partial charge in [0.05, 0.1) is 0 Å². The first-order valence-electron chi connectivity index (χ1n) is 10.8. The van der Waals surface area contributed by atoms with Crippen LogP contribution in [0.4, 0.5) is 11.4 Å². The number of fused-ring (bicyclic) bond motifs is 1. The van der Waals surface area contributed by atoms with Crippen LogP contribution in [0.1, 0.15) is 24.0 Å². The summed E-state index contributed by atoms with van der Waals surface area (Å²) >= 11 is 0. The third-order valence-electron chi connectivity index (χ3n) is 6.02. The Bertz CT molecular complexity index is 888. The second-order valence-corrected chi connectivity index (χ2v) is 8.20. The van der Waals surface area contributed by atoms with Crippen molar-refractivity contribution in [1.82, 2.24) is 10.2 Å². The van der Waals surface area contributed by atoms with Gasteiger partial charge in [0.25, 0.3) is 0 Å². The van der Waals surface area contributed by atoms with Crippen molar-refractivity contribution < 1.29 is 9.59 Å². The molecular weight excluding hydrogens is 376 g/mol. The smallest absolute Gasteiger partial charge is 0.240 e. The minimum atomic E-state index is -0.136. The maximum atomic E-state index is 12.6. The van der Waals surface area contributed by atoms with Crippen LogP contribution < -0.4 is 15.1 Å². The van der Waals surface area contributed by atoms with Gasteiger partial charge in [-0.25, -0.2) is 0 Å². The molecule has 2 aromatic rings. The lowest BCUT2D eigenvalue weighted by Crippen LogP contribution is -2.44. The minimum absolute atomic E-state index is 0.0200. The van der Waals surface area contributed by atoms with Gasteiger partial charge in [-0.3, -0.25) is 9.59 Å². The normalized spacial score (nSPS) is 17.4. The summed E-state index contributed by atoms with van der Waals surface area (Å²) < 4.78 is 0. The molecule has 2 heterocycles. The second-order valence-electron chi connectivity index (χ2n) is 8.20. The molecule has 0 atom stereocenters. The van der Waals surface area contributed by atoms with Crippen molar-refractivity contribution in [3.8, 4) is 0 Å². The van der Waals surface area contributed by atoms with Crippen LogP contribution in [0.3, 0.4) is 0 Å². The lowest BCUT2D eigenvalue weighted by Gasteiger charge is -2.34. The highest BCUT2D eigenvalue weighted by molar-refractivity contribution is 5.99. The number of aryl methyl sites for hydroxylation is 1. The molecule has 2 aromatic carbocycles. The lowest BCUT2D eigenvalue weighted by atomic mass is 10.1. The van der Waals surface area contributed by atoms with Crippen LogP contribution in [0.15, 0.2) is 48.5 Å². The number of amides is 2. The predicted molar refractivity (Wildman–Crippen MR) is 120 cm³/mol. The summed E-state index contributed by atoms with van der Waals surface area (Å²) in [4.78, 5) is 31.5. The summed E-state index contributed by atoms with van der Waals surface area (Å²) in [6.07, 6.45) is 2.18. The van der Waals surface area contributed by atoms with Crippen molar-refractivity contribution >= 4 is 23.2 Å². The number of rotatable bonds is 5. The Hall–Kier alpha value is -2.86. The Morgan fingerprint density at radius 2 is 1.70 bits per heavy atom. The number of hydrogen-bond donors (Lipinski definition) is 1.